The van der Waals surface area contributed by atoms with Crippen molar-refractivity contribution >= 4 is 17.5 Å². The summed E-state index contributed by atoms with van der Waals surface area (Å²) < 4.78 is 1.73. The summed E-state index contributed by atoms with van der Waals surface area (Å²) >= 11 is 0. The van der Waals surface area contributed by atoms with Crippen molar-refractivity contribution in [2.24, 2.45) is 5.92 Å². The van der Waals surface area contributed by atoms with Crippen LogP contribution in [0.3, 0.4) is 0 Å². The largest absolute Gasteiger partial charge is 0.481 e. The standard InChI is InChI=1S/C14H16N4O3/c1-8-16-17-12-6-5-9(7-18(8)12)13(19)15-11-4-2-3-10(11)14(20)21/h5-7,10-11H,2-4H2,1H3,(H,15,19)(H,20,21)/t10-,11+/m0/s1. The van der Waals surface area contributed by atoms with Gasteiger partial charge in [-0.2, -0.15) is 0 Å². The first-order chi connectivity index (χ1) is 10.1. The molecule has 0 aliphatic heterocycles. The van der Waals surface area contributed by atoms with E-state index in [0.29, 0.717) is 29.9 Å². The second kappa shape index (κ2) is 5.16. The van der Waals surface area contributed by atoms with Crippen LogP contribution in [-0.4, -0.2) is 37.6 Å². The Kier molecular flexibility index (Phi) is 3.32. The third-order valence-electron chi connectivity index (χ3n) is 3.98. The van der Waals surface area contributed by atoms with E-state index in [0.717, 1.165) is 6.42 Å². The van der Waals surface area contributed by atoms with Gasteiger partial charge in [-0.3, -0.25) is 14.0 Å². The average Bonchev–Trinajstić information content (AvgIpc) is 3.06. The van der Waals surface area contributed by atoms with E-state index >= 15 is 0 Å². The molecule has 2 aromatic heterocycles. The van der Waals surface area contributed by atoms with Gasteiger partial charge in [0.25, 0.3) is 5.91 Å². The fourth-order valence-corrected chi connectivity index (χ4v) is 2.82. The molecule has 1 fully saturated rings. The lowest BCUT2D eigenvalue weighted by molar-refractivity contribution is -0.142. The first-order valence-corrected chi connectivity index (χ1v) is 6.91. The number of aliphatic carboxylic acids is 1. The van der Waals surface area contributed by atoms with E-state index in [9.17, 15) is 9.59 Å². The third kappa shape index (κ3) is 2.46. The Morgan fingerprint density at radius 2 is 2.14 bits per heavy atom. The molecule has 0 spiro atoms. The minimum atomic E-state index is -0.845. The molecule has 7 nitrogen and oxygen atoms in total. The highest BCUT2D eigenvalue weighted by molar-refractivity contribution is 5.94. The van der Waals surface area contributed by atoms with E-state index in [1.807, 2.05) is 0 Å². The molecule has 2 atom stereocenters. The lowest BCUT2D eigenvalue weighted by Gasteiger charge is -2.17. The average molecular weight is 288 g/mol. The zero-order valence-electron chi connectivity index (χ0n) is 11.6. The Morgan fingerprint density at radius 1 is 1.33 bits per heavy atom. The van der Waals surface area contributed by atoms with Crippen LogP contribution in [0.5, 0.6) is 0 Å². The van der Waals surface area contributed by atoms with Gasteiger partial charge < -0.3 is 10.4 Å². The van der Waals surface area contributed by atoms with Crippen LogP contribution in [0.1, 0.15) is 35.4 Å². The van der Waals surface area contributed by atoms with Crippen LogP contribution in [0.4, 0.5) is 0 Å². The van der Waals surface area contributed by atoms with Gasteiger partial charge in [0.1, 0.15) is 5.82 Å². The number of amides is 1. The summed E-state index contributed by atoms with van der Waals surface area (Å²) in [7, 11) is 0. The van der Waals surface area contributed by atoms with E-state index in [1.54, 1.807) is 29.7 Å². The quantitative estimate of drug-likeness (QED) is 0.879. The highest BCUT2D eigenvalue weighted by Gasteiger charge is 2.34. The molecule has 2 heterocycles. The van der Waals surface area contributed by atoms with Crippen molar-refractivity contribution in [1.82, 2.24) is 19.9 Å². The molecule has 110 valence electrons. The van der Waals surface area contributed by atoms with Gasteiger partial charge in [0.2, 0.25) is 0 Å². The summed E-state index contributed by atoms with van der Waals surface area (Å²) in [6.07, 6.45) is 3.82. The summed E-state index contributed by atoms with van der Waals surface area (Å²) in [6.45, 7) is 1.80. The number of rotatable bonds is 3. The number of hydrogen-bond acceptors (Lipinski definition) is 4. The predicted octanol–water partition coefficient (Wildman–Crippen LogP) is 1.02. The lowest BCUT2D eigenvalue weighted by atomic mass is 10.0. The molecule has 0 radical (unpaired) electrons. The summed E-state index contributed by atoms with van der Waals surface area (Å²) in [5.74, 6) is -0.899. The minimum absolute atomic E-state index is 0.261. The van der Waals surface area contributed by atoms with Crippen LogP contribution in [0.15, 0.2) is 18.3 Å². The number of hydrogen-bond donors (Lipinski definition) is 2. The first kappa shape index (κ1) is 13.5. The Morgan fingerprint density at radius 3 is 2.90 bits per heavy atom. The van der Waals surface area contributed by atoms with Gasteiger partial charge in [-0.1, -0.05) is 6.42 Å². The number of carbonyl (C=O) groups is 2. The Bertz CT molecular complexity index is 709. The molecule has 0 bridgehead atoms. The van der Waals surface area contributed by atoms with Crippen molar-refractivity contribution in [3.8, 4) is 0 Å². The van der Waals surface area contributed by atoms with Crippen molar-refractivity contribution in [3.05, 3.63) is 29.7 Å². The van der Waals surface area contributed by atoms with Crippen molar-refractivity contribution in [2.75, 3.05) is 0 Å². The van der Waals surface area contributed by atoms with Gasteiger partial charge in [0, 0.05) is 12.2 Å². The van der Waals surface area contributed by atoms with Crippen LogP contribution in [0.25, 0.3) is 5.65 Å². The van der Waals surface area contributed by atoms with E-state index in [4.69, 9.17) is 5.11 Å². The van der Waals surface area contributed by atoms with Gasteiger partial charge in [0.15, 0.2) is 5.65 Å². The van der Waals surface area contributed by atoms with E-state index < -0.39 is 11.9 Å². The number of carboxylic acid groups (broad SMARTS) is 1. The summed E-state index contributed by atoms with van der Waals surface area (Å²) in [4.78, 5) is 23.4. The summed E-state index contributed by atoms with van der Waals surface area (Å²) in [5.41, 5.74) is 1.15. The SMILES string of the molecule is Cc1nnc2ccc(C(=O)N[C@@H]3CCC[C@@H]3C(=O)O)cn12. The van der Waals surface area contributed by atoms with Gasteiger partial charge >= 0.3 is 5.97 Å². The van der Waals surface area contributed by atoms with E-state index in [2.05, 4.69) is 15.5 Å². The highest BCUT2D eigenvalue weighted by Crippen LogP contribution is 2.26. The zero-order valence-corrected chi connectivity index (χ0v) is 11.6. The Balaban J connectivity index is 1.80. The minimum Gasteiger partial charge on any atom is -0.481 e. The van der Waals surface area contributed by atoms with Crippen LogP contribution >= 0.6 is 0 Å². The van der Waals surface area contributed by atoms with Crippen molar-refractivity contribution in [1.29, 1.82) is 0 Å². The number of carbonyl (C=O) groups excluding carboxylic acids is 1. The van der Waals surface area contributed by atoms with E-state index in [-0.39, 0.29) is 11.9 Å². The predicted molar refractivity (Wildman–Crippen MR) is 74.0 cm³/mol. The number of aryl methyl sites for hydroxylation is 1. The van der Waals surface area contributed by atoms with Crippen LogP contribution in [0, 0.1) is 12.8 Å². The summed E-state index contributed by atoms with van der Waals surface area (Å²) in [5, 5.41) is 19.9. The van der Waals surface area contributed by atoms with Gasteiger partial charge in [-0.25, -0.2) is 0 Å². The smallest absolute Gasteiger partial charge is 0.308 e. The molecule has 21 heavy (non-hydrogen) atoms. The number of pyridine rings is 1. The van der Waals surface area contributed by atoms with Crippen molar-refractivity contribution in [2.45, 2.75) is 32.2 Å². The molecule has 1 aliphatic rings. The number of fused-ring (bicyclic) bond motifs is 1. The number of nitrogens with zero attached hydrogens (tertiary/aromatic N) is 3. The normalized spacial score (nSPS) is 21.6. The maximum atomic E-state index is 12.3. The number of nitrogens with one attached hydrogen (secondary N) is 1. The topological polar surface area (TPSA) is 96.6 Å². The molecule has 2 N–H and O–H groups in total. The van der Waals surface area contributed by atoms with Crippen LogP contribution < -0.4 is 5.32 Å². The van der Waals surface area contributed by atoms with Crippen LogP contribution in [0.2, 0.25) is 0 Å². The summed E-state index contributed by atoms with van der Waals surface area (Å²) in [6, 6.07) is 3.09. The number of aromatic nitrogens is 3. The molecule has 1 aliphatic carbocycles. The second-order valence-corrected chi connectivity index (χ2v) is 5.35. The highest BCUT2D eigenvalue weighted by atomic mass is 16.4. The van der Waals surface area contributed by atoms with Crippen LogP contribution in [-0.2, 0) is 4.79 Å². The lowest BCUT2D eigenvalue weighted by Crippen LogP contribution is -2.40. The van der Waals surface area contributed by atoms with Gasteiger partial charge in [-0.15, -0.1) is 10.2 Å². The van der Waals surface area contributed by atoms with Crippen molar-refractivity contribution < 1.29 is 14.7 Å². The molecular weight excluding hydrogens is 272 g/mol. The maximum Gasteiger partial charge on any atom is 0.308 e. The molecule has 0 unspecified atom stereocenters. The molecule has 0 saturated heterocycles. The molecule has 2 aromatic rings. The fraction of sp³-hybridized carbons (Fsp3) is 0.429. The maximum absolute atomic E-state index is 12.3. The first-order valence-electron chi connectivity index (χ1n) is 6.91. The third-order valence-corrected chi connectivity index (χ3v) is 3.98. The molecule has 1 amide bonds. The number of carboxylic acids is 1. The molecular formula is C14H16N4O3. The van der Waals surface area contributed by atoms with Gasteiger partial charge in [0.05, 0.1) is 11.5 Å². The fourth-order valence-electron chi connectivity index (χ4n) is 2.82. The molecule has 0 aromatic carbocycles. The Labute approximate surface area is 121 Å². The monoisotopic (exact) mass is 288 g/mol. The van der Waals surface area contributed by atoms with Crippen molar-refractivity contribution in [3.63, 3.8) is 0 Å². The Hall–Kier alpha value is -2.44. The molecule has 3 rings (SSSR count). The molecule has 7 heteroatoms. The van der Waals surface area contributed by atoms with Gasteiger partial charge in [-0.05, 0) is 31.9 Å². The zero-order chi connectivity index (χ0) is 15.0. The second-order valence-electron chi connectivity index (χ2n) is 5.35. The van der Waals surface area contributed by atoms with E-state index in [1.165, 1.54) is 0 Å². The molecule has 1 saturated carbocycles.